The molecule has 0 radical (unpaired) electrons. The van der Waals surface area contributed by atoms with E-state index in [-0.39, 0.29) is 6.03 Å². The van der Waals surface area contributed by atoms with Gasteiger partial charge in [-0.3, -0.25) is 5.43 Å². The minimum atomic E-state index is -0.366. The van der Waals surface area contributed by atoms with Crippen molar-refractivity contribution in [3.8, 4) is 0 Å². The van der Waals surface area contributed by atoms with E-state index in [0.29, 0.717) is 10.7 Å². The molecule has 2 rings (SSSR count). The molecule has 7 heteroatoms. The molecule has 6 nitrogen and oxygen atoms in total. The molecule has 0 aliphatic carbocycles. The standard InChI is InChI=1S/C8H8ClN5O/c9-6-1-3-7(4-2-6)12-8(15)14-11-5-10-13-14/h1-5,13H,(H,10,11)(H,12,15). The van der Waals surface area contributed by atoms with Gasteiger partial charge in [0.1, 0.15) is 6.34 Å². The molecule has 2 amide bonds. The molecule has 78 valence electrons. The Balaban J connectivity index is 1.96. The zero-order valence-electron chi connectivity index (χ0n) is 7.57. The zero-order valence-corrected chi connectivity index (χ0v) is 8.32. The minimum Gasteiger partial charge on any atom is -0.305 e. The molecular formula is C8H8ClN5O. The quantitative estimate of drug-likeness (QED) is 0.671. The van der Waals surface area contributed by atoms with Gasteiger partial charge in [0, 0.05) is 10.7 Å². The molecule has 1 heterocycles. The second-order valence-corrected chi connectivity index (χ2v) is 3.20. The van der Waals surface area contributed by atoms with Crippen LogP contribution in [0, 0.1) is 0 Å². The fraction of sp³-hybridized carbons (Fsp3) is 0. The Labute approximate surface area is 90.8 Å². The van der Waals surface area contributed by atoms with Crippen LogP contribution in [0.25, 0.3) is 0 Å². The Kier molecular flexibility index (Phi) is 2.59. The number of hydrazine groups is 2. The van der Waals surface area contributed by atoms with E-state index in [4.69, 9.17) is 11.6 Å². The first-order valence-corrected chi connectivity index (χ1v) is 4.53. The molecule has 0 fully saturated rings. The molecule has 1 aliphatic heterocycles. The van der Waals surface area contributed by atoms with E-state index in [1.54, 1.807) is 24.3 Å². The van der Waals surface area contributed by atoms with Crippen molar-refractivity contribution in [2.75, 3.05) is 5.32 Å². The lowest BCUT2D eigenvalue weighted by molar-refractivity contribution is 0.180. The van der Waals surface area contributed by atoms with Crippen LogP contribution in [0.1, 0.15) is 0 Å². The SMILES string of the molecule is O=C(Nc1ccc(Cl)cc1)N1NC=NN1. The monoisotopic (exact) mass is 225 g/mol. The second-order valence-electron chi connectivity index (χ2n) is 2.76. The van der Waals surface area contributed by atoms with Crippen LogP contribution in [0.15, 0.2) is 29.4 Å². The molecule has 1 aromatic carbocycles. The van der Waals surface area contributed by atoms with Crippen molar-refractivity contribution in [1.29, 1.82) is 0 Å². The highest BCUT2D eigenvalue weighted by Gasteiger charge is 2.14. The van der Waals surface area contributed by atoms with Crippen molar-refractivity contribution in [3.63, 3.8) is 0 Å². The number of carbonyl (C=O) groups excluding carboxylic acids is 1. The van der Waals surface area contributed by atoms with E-state index in [1.807, 2.05) is 0 Å². The topological polar surface area (TPSA) is 68.8 Å². The van der Waals surface area contributed by atoms with Gasteiger partial charge in [0.2, 0.25) is 0 Å². The van der Waals surface area contributed by atoms with Gasteiger partial charge in [-0.25, -0.2) is 4.79 Å². The van der Waals surface area contributed by atoms with E-state index < -0.39 is 0 Å². The van der Waals surface area contributed by atoms with Gasteiger partial charge in [-0.2, -0.15) is 5.53 Å². The molecular weight excluding hydrogens is 218 g/mol. The highest BCUT2D eigenvalue weighted by Crippen LogP contribution is 2.13. The minimum absolute atomic E-state index is 0.366. The van der Waals surface area contributed by atoms with Crippen LogP contribution >= 0.6 is 11.6 Å². The highest BCUT2D eigenvalue weighted by atomic mass is 35.5. The molecule has 1 aromatic rings. The fourth-order valence-electron chi connectivity index (χ4n) is 1.02. The molecule has 0 bridgehead atoms. The van der Waals surface area contributed by atoms with Crippen molar-refractivity contribution in [3.05, 3.63) is 29.3 Å². The van der Waals surface area contributed by atoms with Crippen LogP contribution in [0.3, 0.4) is 0 Å². The van der Waals surface area contributed by atoms with Crippen molar-refractivity contribution >= 4 is 29.7 Å². The van der Waals surface area contributed by atoms with Crippen LogP contribution in [0.2, 0.25) is 5.02 Å². The van der Waals surface area contributed by atoms with Gasteiger partial charge in [-0.05, 0) is 24.3 Å². The molecule has 3 N–H and O–H groups in total. The van der Waals surface area contributed by atoms with Crippen molar-refractivity contribution in [1.82, 2.24) is 16.1 Å². The van der Waals surface area contributed by atoms with E-state index in [2.05, 4.69) is 21.4 Å². The third-order valence-electron chi connectivity index (χ3n) is 1.71. The first kappa shape index (κ1) is 9.60. The van der Waals surface area contributed by atoms with Crippen LogP contribution in [0.5, 0.6) is 0 Å². The van der Waals surface area contributed by atoms with E-state index in [1.165, 1.54) is 6.34 Å². The number of anilines is 1. The number of hydrogen-bond donors (Lipinski definition) is 3. The van der Waals surface area contributed by atoms with Gasteiger partial charge < -0.3 is 5.32 Å². The number of nitrogens with one attached hydrogen (secondary N) is 3. The maximum atomic E-state index is 11.5. The summed E-state index contributed by atoms with van der Waals surface area (Å²) in [5, 5.41) is 7.96. The summed E-state index contributed by atoms with van der Waals surface area (Å²) in [6.07, 6.45) is 1.36. The number of nitrogens with zero attached hydrogens (tertiary/aromatic N) is 2. The lowest BCUT2D eigenvalue weighted by Gasteiger charge is -2.15. The van der Waals surface area contributed by atoms with Gasteiger partial charge in [0.25, 0.3) is 0 Å². The average molecular weight is 226 g/mol. The van der Waals surface area contributed by atoms with Crippen molar-refractivity contribution < 1.29 is 4.79 Å². The molecule has 15 heavy (non-hydrogen) atoms. The fourth-order valence-corrected chi connectivity index (χ4v) is 1.14. The van der Waals surface area contributed by atoms with E-state index in [9.17, 15) is 4.79 Å². The smallest absolute Gasteiger partial charge is 0.305 e. The van der Waals surface area contributed by atoms with Gasteiger partial charge in [-0.15, -0.1) is 10.2 Å². The predicted molar refractivity (Wildman–Crippen MR) is 57.1 cm³/mol. The Morgan fingerprint density at radius 2 is 2.13 bits per heavy atom. The summed E-state index contributed by atoms with van der Waals surface area (Å²) < 4.78 is 0. The molecule has 0 saturated heterocycles. The molecule has 0 unspecified atom stereocenters. The number of benzene rings is 1. The van der Waals surface area contributed by atoms with E-state index in [0.717, 1.165) is 5.12 Å². The average Bonchev–Trinajstić information content (AvgIpc) is 2.74. The largest absolute Gasteiger partial charge is 0.361 e. The first-order valence-electron chi connectivity index (χ1n) is 4.16. The lowest BCUT2D eigenvalue weighted by Crippen LogP contribution is -2.46. The molecule has 0 saturated carbocycles. The third-order valence-corrected chi connectivity index (χ3v) is 1.96. The number of carbonyl (C=O) groups is 1. The van der Waals surface area contributed by atoms with Crippen LogP contribution < -0.4 is 16.3 Å². The molecule has 0 spiro atoms. The normalized spacial score (nSPS) is 13.3. The summed E-state index contributed by atoms with van der Waals surface area (Å²) in [5.41, 5.74) is 5.67. The number of amides is 2. The Morgan fingerprint density at radius 3 is 2.73 bits per heavy atom. The van der Waals surface area contributed by atoms with Crippen molar-refractivity contribution in [2.45, 2.75) is 0 Å². The Morgan fingerprint density at radius 1 is 1.40 bits per heavy atom. The highest BCUT2D eigenvalue weighted by molar-refractivity contribution is 6.30. The molecule has 0 atom stereocenters. The third kappa shape index (κ3) is 2.29. The summed E-state index contributed by atoms with van der Waals surface area (Å²) in [5.74, 6) is 0. The summed E-state index contributed by atoms with van der Waals surface area (Å²) in [6, 6.07) is 6.43. The first-order chi connectivity index (χ1) is 7.25. The van der Waals surface area contributed by atoms with Gasteiger partial charge in [0.05, 0.1) is 0 Å². The van der Waals surface area contributed by atoms with Crippen LogP contribution in [0.4, 0.5) is 10.5 Å². The summed E-state index contributed by atoms with van der Waals surface area (Å²) >= 11 is 5.71. The summed E-state index contributed by atoms with van der Waals surface area (Å²) in [6.45, 7) is 0. The number of urea groups is 1. The number of rotatable bonds is 1. The second kappa shape index (κ2) is 4.05. The maximum Gasteiger partial charge on any atom is 0.361 e. The maximum absolute atomic E-state index is 11.5. The van der Waals surface area contributed by atoms with Crippen LogP contribution in [-0.4, -0.2) is 17.5 Å². The predicted octanol–water partition coefficient (Wildman–Crippen LogP) is 1.14. The number of hydrazone groups is 1. The molecule has 1 aliphatic rings. The van der Waals surface area contributed by atoms with E-state index >= 15 is 0 Å². The lowest BCUT2D eigenvalue weighted by atomic mass is 10.3. The summed E-state index contributed by atoms with van der Waals surface area (Å²) in [7, 11) is 0. The van der Waals surface area contributed by atoms with Gasteiger partial charge in [0.15, 0.2) is 0 Å². The zero-order chi connectivity index (χ0) is 10.7. The Bertz CT molecular complexity index is 383. The molecule has 0 aromatic heterocycles. The van der Waals surface area contributed by atoms with Gasteiger partial charge >= 0.3 is 6.03 Å². The van der Waals surface area contributed by atoms with Gasteiger partial charge in [-0.1, -0.05) is 11.6 Å². The number of hydrogen-bond acceptors (Lipinski definition) is 4. The number of halogens is 1. The Hall–Kier alpha value is -1.95. The summed E-state index contributed by atoms with van der Waals surface area (Å²) in [4.78, 5) is 11.5. The van der Waals surface area contributed by atoms with Crippen LogP contribution in [-0.2, 0) is 0 Å². The van der Waals surface area contributed by atoms with Crippen molar-refractivity contribution in [2.24, 2.45) is 5.10 Å².